The summed E-state index contributed by atoms with van der Waals surface area (Å²) in [4.78, 5) is 0. The van der Waals surface area contributed by atoms with Crippen LogP contribution in [0.25, 0.3) is 0 Å². The van der Waals surface area contributed by atoms with E-state index in [1.807, 2.05) is 0 Å². The zero-order valence-corrected chi connectivity index (χ0v) is 7.02. The Balaban J connectivity index is -0.0000000139. The average Bonchev–Trinajstić information content (AvgIpc) is 2.18. The van der Waals surface area contributed by atoms with E-state index >= 15 is 0 Å². The van der Waals surface area contributed by atoms with Gasteiger partial charge in [-0.2, -0.15) is 0 Å². The van der Waals surface area contributed by atoms with E-state index in [2.05, 4.69) is 0 Å². The van der Waals surface area contributed by atoms with Crippen LogP contribution in [-0.4, -0.2) is 0 Å². The standard InChI is InChI=1S/4CN.Mo.2O/c4*1-2;;;/q4*-1;;;. The molecule has 6 nitrogen and oxygen atoms in total. The van der Waals surface area contributed by atoms with Gasteiger partial charge in [-0.25, -0.2) is 0 Å². The second-order valence-electron chi connectivity index (χ2n) is 0.0680. The first kappa shape index (κ1) is 34.9. The molecule has 0 aliphatic heterocycles. The van der Waals surface area contributed by atoms with Crippen molar-refractivity contribution >= 4 is 0 Å². The summed E-state index contributed by atoms with van der Waals surface area (Å²) in [6.45, 7) is 19.0. The number of nitrogens with zero attached hydrogens (tertiary/aromatic N) is 4. The van der Waals surface area contributed by atoms with Crippen molar-refractivity contribution in [3.05, 3.63) is 26.3 Å². The molecule has 0 aromatic carbocycles. The summed E-state index contributed by atoms with van der Waals surface area (Å²) in [6, 6.07) is 0. The van der Waals surface area contributed by atoms with E-state index in [-0.39, 0.29) is 0 Å². The SMILES string of the molecule is [C-]#N.[C-]#N.[C-]#N.[C-]#N.[O]=[Mo]=[O]. The fourth-order valence-corrected chi connectivity index (χ4v) is 0. The third kappa shape index (κ3) is 105. The first-order valence-corrected chi connectivity index (χ1v) is 2.87. The van der Waals surface area contributed by atoms with Gasteiger partial charge in [-0.05, 0) is 0 Å². The van der Waals surface area contributed by atoms with E-state index < -0.39 is 18.5 Å². The van der Waals surface area contributed by atoms with Crippen LogP contribution in [0.15, 0.2) is 0 Å². The molecule has 0 unspecified atom stereocenters. The Morgan fingerprint density at radius 1 is 0.636 bits per heavy atom. The molecule has 11 heavy (non-hydrogen) atoms. The van der Waals surface area contributed by atoms with Crippen LogP contribution in [-0.2, 0) is 25.3 Å². The summed E-state index contributed by atoms with van der Waals surface area (Å²) >= 11 is -2.03. The van der Waals surface area contributed by atoms with Crippen LogP contribution in [0, 0.1) is 47.3 Å². The maximum atomic E-state index is 8.50. The molecular formula is C4MoN4O2-4. The molecule has 0 spiro atoms. The molecule has 0 bridgehead atoms. The average molecular weight is 232 g/mol. The molecule has 0 aliphatic rings. The van der Waals surface area contributed by atoms with Gasteiger partial charge in [0.25, 0.3) is 0 Å². The van der Waals surface area contributed by atoms with Crippen molar-refractivity contribution < 1.29 is 25.3 Å². The van der Waals surface area contributed by atoms with Crippen molar-refractivity contribution in [3.8, 4) is 0 Å². The molecule has 0 N–H and O–H groups in total. The Labute approximate surface area is 73.0 Å². The summed E-state index contributed by atoms with van der Waals surface area (Å²) in [6.07, 6.45) is 0. The van der Waals surface area contributed by atoms with E-state index in [1.165, 1.54) is 0 Å². The second kappa shape index (κ2) is 767. The molecule has 0 saturated heterocycles. The van der Waals surface area contributed by atoms with E-state index in [4.69, 9.17) is 54.1 Å². The van der Waals surface area contributed by atoms with Gasteiger partial charge in [-0.15, -0.1) is 0 Å². The monoisotopic (exact) mass is 234 g/mol. The fraction of sp³-hybridized carbons (Fsp3) is 0. The number of hydrogen-bond acceptors (Lipinski definition) is 6. The minimum absolute atomic E-state index is 2.03. The van der Waals surface area contributed by atoms with Crippen molar-refractivity contribution in [1.29, 1.82) is 21.0 Å². The van der Waals surface area contributed by atoms with Crippen LogP contribution in [0.3, 0.4) is 0 Å². The molecule has 0 amide bonds. The van der Waals surface area contributed by atoms with Crippen LogP contribution in [0.5, 0.6) is 0 Å². The first-order valence-electron chi connectivity index (χ1n) is 1.23. The van der Waals surface area contributed by atoms with Gasteiger partial charge in [-0.3, -0.25) is 0 Å². The van der Waals surface area contributed by atoms with Gasteiger partial charge < -0.3 is 47.3 Å². The van der Waals surface area contributed by atoms with Crippen LogP contribution in [0.2, 0.25) is 0 Å². The molecule has 0 rings (SSSR count). The zero-order valence-electron chi connectivity index (χ0n) is 5.01. The van der Waals surface area contributed by atoms with E-state index in [0.717, 1.165) is 0 Å². The number of rotatable bonds is 0. The van der Waals surface area contributed by atoms with E-state index in [0.29, 0.717) is 0 Å². The molecule has 0 atom stereocenters. The Hall–Kier alpha value is -1.75. The van der Waals surface area contributed by atoms with Crippen LogP contribution in [0.4, 0.5) is 0 Å². The molecule has 0 heterocycles. The van der Waals surface area contributed by atoms with Crippen molar-refractivity contribution in [2.75, 3.05) is 0 Å². The maximum absolute atomic E-state index is 8.50. The van der Waals surface area contributed by atoms with Crippen molar-refractivity contribution in [2.24, 2.45) is 0 Å². The minimum atomic E-state index is -2.03. The van der Waals surface area contributed by atoms with E-state index in [1.54, 1.807) is 0 Å². The van der Waals surface area contributed by atoms with Gasteiger partial charge in [0.1, 0.15) is 0 Å². The summed E-state index contributed by atoms with van der Waals surface area (Å²) < 4.78 is 17.0. The summed E-state index contributed by atoms with van der Waals surface area (Å²) in [5.41, 5.74) is 0. The topological polar surface area (TPSA) is 129 Å². The van der Waals surface area contributed by atoms with Crippen molar-refractivity contribution in [3.63, 3.8) is 0 Å². The molecule has 0 radical (unpaired) electrons. The predicted molar refractivity (Wildman–Crippen MR) is 21.2 cm³/mol. The summed E-state index contributed by atoms with van der Waals surface area (Å²) in [7, 11) is 0. The Morgan fingerprint density at radius 3 is 0.636 bits per heavy atom. The van der Waals surface area contributed by atoms with Gasteiger partial charge in [0.15, 0.2) is 0 Å². The van der Waals surface area contributed by atoms with Crippen LogP contribution >= 0.6 is 0 Å². The second-order valence-corrected chi connectivity index (χ2v) is 0.403. The molecular weight excluding hydrogens is 232 g/mol. The van der Waals surface area contributed by atoms with Gasteiger partial charge in [0.05, 0.1) is 0 Å². The molecule has 0 fully saturated rings. The Kier molecular flexibility index (Phi) is 2430. The van der Waals surface area contributed by atoms with Crippen molar-refractivity contribution in [1.82, 2.24) is 0 Å². The first-order chi connectivity index (χ1) is 5.41. The Bertz CT molecular complexity index is 117. The van der Waals surface area contributed by atoms with Crippen molar-refractivity contribution in [2.45, 2.75) is 0 Å². The number of hydrogen-bond donors (Lipinski definition) is 0. The normalized spacial score (nSPS) is 1.82. The molecule has 58 valence electrons. The third-order valence-corrected chi connectivity index (χ3v) is 0. The molecule has 0 aromatic heterocycles. The molecule has 0 aliphatic carbocycles. The fourth-order valence-electron chi connectivity index (χ4n) is 0. The molecule has 7 heteroatoms. The molecule has 0 aromatic rings. The predicted octanol–water partition coefficient (Wildman–Crippen LogP) is 0.145. The quantitative estimate of drug-likeness (QED) is 0.431. The molecule has 0 saturated carbocycles. The summed E-state index contributed by atoms with van der Waals surface area (Å²) in [5.74, 6) is 0. The van der Waals surface area contributed by atoms with Crippen LogP contribution < -0.4 is 0 Å². The third-order valence-electron chi connectivity index (χ3n) is 0. The van der Waals surface area contributed by atoms with Gasteiger partial charge in [0.2, 0.25) is 0 Å². The summed E-state index contributed by atoms with van der Waals surface area (Å²) in [5, 5.41) is 25.0. The van der Waals surface area contributed by atoms with Gasteiger partial charge in [0, 0.05) is 0 Å². The van der Waals surface area contributed by atoms with E-state index in [9.17, 15) is 0 Å². The Morgan fingerprint density at radius 2 is 0.636 bits per heavy atom. The van der Waals surface area contributed by atoms with Gasteiger partial charge >= 0.3 is 25.3 Å². The zero-order chi connectivity index (χ0) is 10.7. The van der Waals surface area contributed by atoms with Crippen LogP contribution in [0.1, 0.15) is 0 Å². The van der Waals surface area contributed by atoms with Gasteiger partial charge in [-0.1, -0.05) is 0 Å².